The summed E-state index contributed by atoms with van der Waals surface area (Å²) >= 11 is 0. The van der Waals surface area contributed by atoms with Crippen LogP contribution in [-0.4, -0.2) is 43.6 Å². The molecule has 1 fully saturated rings. The number of hydrogen-bond donors (Lipinski definition) is 2. The Morgan fingerprint density at radius 2 is 1.72 bits per heavy atom. The number of nitro benzene ring substituents is 1. The van der Waals surface area contributed by atoms with Gasteiger partial charge in [0.15, 0.2) is 6.54 Å². The van der Waals surface area contributed by atoms with Crippen molar-refractivity contribution in [3.05, 3.63) is 64.7 Å². The molecule has 1 saturated heterocycles. The quantitative estimate of drug-likeness (QED) is 0.627. The predicted octanol–water partition coefficient (Wildman–Crippen LogP) is 0.938. The van der Waals surface area contributed by atoms with Gasteiger partial charge in [0, 0.05) is 23.5 Å². The van der Waals surface area contributed by atoms with Crippen molar-refractivity contribution in [1.82, 2.24) is 0 Å². The van der Waals surface area contributed by atoms with E-state index in [-0.39, 0.29) is 11.6 Å². The molecule has 0 atom stereocenters. The molecule has 7 nitrogen and oxygen atoms in total. The minimum absolute atomic E-state index is 0.0145. The molecule has 1 aliphatic rings. The number of nitrogens with zero attached hydrogens (tertiary/aromatic N) is 2. The molecule has 0 aromatic heterocycles. The van der Waals surface area contributed by atoms with Gasteiger partial charge in [-0.15, -0.1) is 0 Å². The molecule has 0 radical (unpaired) electrons. The SMILES string of the molecule is O=C(C[NH+]1CCN(c2ccccc2)CC1)Nc1ccc([N+](=O)[O-])cc1. The third-order valence-electron chi connectivity index (χ3n) is 4.36. The van der Waals surface area contributed by atoms with Crippen LogP contribution in [0, 0.1) is 10.1 Å². The van der Waals surface area contributed by atoms with Crippen LogP contribution in [0.5, 0.6) is 0 Å². The zero-order chi connectivity index (χ0) is 17.6. The molecule has 0 unspecified atom stereocenters. The van der Waals surface area contributed by atoms with Crippen LogP contribution in [0.25, 0.3) is 0 Å². The van der Waals surface area contributed by atoms with Crippen molar-refractivity contribution in [3.8, 4) is 0 Å². The Hall–Kier alpha value is -2.93. The second-order valence-electron chi connectivity index (χ2n) is 6.10. The third-order valence-corrected chi connectivity index (χ3v) is 4.36. The lowest BCUT2D eigenvalue weighted by Crippen LogP contribution is -3.15. The molecular weight excluding hydrogens is 320 g/mol. The van der Waals surface area contributed by atoms with Crippen LogP contribution in [0.2, 0.25) is 0 Å². The first kappa shape index (κ1) is 16.9. The van der Waals surface area contributed by atoms with E-state index in [1.54, 1.807) is 12.1 Å². The monoisotopic (exact) mass is 341 g/mol. The number of nitrogens with one attached hydrogen (secondary N) is 2. The second-order valence-corrected chi connectivity index (χ2v) is 6.10. The van der Waals surface area contributed by atoms with Crippen LogP contribution in [0.3, 0.4) is 0 Å². The van der Waals surface area contributed by atoms with E-state index in [0.29, 0.717) is 12.2 Å². The highest BCUT2D eigenvalue weighted by Crippen LogP contribution is 2.15. The molecule has 0 spiro atoms. The highest BCUT2D eigenvalue weighted by molar-refractivity contribution is 5.91. The summed E-state index contributed by atoms with van der Waals surface area (Å²) in [6.07, 6.45) is 0. The normalized spacial score (nSPS) is 15.0. The fourth-order valence-electron chi connectivity index (χ4n) is 3.00. The number of para-hydroxylation sites is 1. The highest BCUT2D eigenvalue weighted by Gasteiger charge is 2.22. The van der Waals surface area contributed by atoms with E-state index in [1.807, 2.05) is 18.2 Å². The highest BCUT2D eigenvalue weighted by atomic mass is 16.6. The van der Waals surface area contributed by atoms with Gasteiger partial charge in [0.1, 0.15) is 0 Å². The summed E-state index contributed by atoms with van der Waals surface area (Å²) in [4.78, 5) is 25.9. The molecule has 1 heterocycles. The Labute approximate surface area is 146 Å². The van der Waals surface area contributed by atoms with Gasteiger partial charge in [-0.3, -0.25) is 14.9 Å². The van der Waals surface area contributed by atoms with Crippen molar-refractivity contribution in [1.29, 1.82) is 0 Å². The van der Waals surface area contributed by atoms with Crippen LogP contribution >= 0.6 is 0 Å². The summed E-state index contributed by atoms with van der Waals surface area (Å²) in [5, 5.41) is 13.4. The van der Waals surface area contributed by atoms with E-state index in [9.17, 15) is 14.9 Å². The molecule has 7 heteroatoms. The lowest BCUT2D eigenvalue weighted by Gasteiger charge is -2.33. The lowest BCUT2D eigenvalue weighted by molar-refractivity contribution is -0.892. The number of carbonyl (C=O) groups excluding carboxylic acids is 1. The number of amides is 1. The molecule has 25 heavy (non-hydrogen) atoms. The number of nitro groups is 1. The topological polar surface area (TPSA) is 79.9 Å². The molecule has 1 aliphatic heterocycles. The summed E-state index contributed by atoms with van der Waals surface area (Å²) in [6, 6.07) is 16.2. The third kappa shape index (κ3) is 4.54. The van der Waals surface area contributed by atoms with Gasteiger partial charge in [-0.1, -0.05) is 18.2 Å². The Morgan fingerprint density at radius 1 is 1.08 bits per heavy atom. The van der Waals surface area contributed by atoms with E-state index in [4.69, 9.17) is 0 Å². The Balaban J connectivity index is 1.47. The van der Waals surface area contributed by atoms with Crippen molar-refractivity contribution < 1.29 is 14.6 Å². The first-order valence-electron chi connectivity index (χ1n) is 8.30. The summed E-state index contributed by atoms with van der Waals surface area (Å²) < 4.78 is 0. The molecule has 0 bridgehead atoms. The number of hydrogen-bond acceptors (Lipinski definition) is 4. The molecule has 130 valence electrons. The smallest absolute Gasteiger partial charge is 0.279 e. The predicted molar refractivity (Wildman–Crippen MR) is 95.9 cm³/mol. The standard InChI is InChI=1S/C18H20N4O3/c23-18(19-15-6-8-17(9-7-15)22(24)25)14-20-10-12-21(13-11-20)16-4-2-1-3-5-16/h1-9H,10-14H2,(H,19,23)/p+1. The maximum Gasteiger partial charge on any atom is 0.279 e. The van der Waals surface area contributed by atoms with Crippen LogP contribution in [-0.2, 0) is 4.79 Å². The first-order chi connectivity index (χ1) is 12.1. The Morgan fingerprint density at radius 3 is 2.32 bits per heavy atom. The zero-order valence-corrected chi connectivity index (χ0v) is 13.9. The van der Waals surface area contributed by atoms with Crippen molar-refractivity contribution in [3.63, 3.8) is 0 Å². The fourth-order valence-corrected chi connectivity index (χ4v) is 3.00. The number of benzene rings is 2. The van der Waals surface area contributed by atoms with E-state index in [0.717, 1.165) is 26.2 Å². The van der Waals surface area contributed by atoms with Crippen LogP contribution in [0.1, 0.15) is 0 Å². The summed E-state index contributed by atoms with van der Waals surface area (Å²) in [7, 11) is 0. The average molecular weight is 341 g/mol. The van der Waals surface area contributed by atoms with Crippen molar-refractivity contribution in [2.24, 2.45) is 0 Å². The van der Waals surface area contributed by atoms with Crippen molar-refractivity contribution in [2.75, 3.05) is 42.9 Å². The van der Waals surface area contributed by atoms with E-state index in [2.05, 4.69) is 22.3 Å². The summed E-state index contributed by atoms with van der Waals surface area (Å²) in [6.45, 7) is 4.05. The van der Waals surface area contributed by atoms with Crippen LogP contribution < -0.4 is 15.1 Å². The van der Waals surface area contributed by atoms with E-state index in [1.165, 1.54) is 22.7 Å². The summed E-state index contributed by atoms with van der Waals surface area (Å²) in [5.41, 5.74) is 1.82. The van der Waals surface area contributed by atoms with E-state index < -0.39 is 4.92 Å². The number of quaternary nitrogens is 1. The van der Waals surface area contributed by atoms with Gasteiger partial charge in [0.05, 0.1) is 31.1 Å². The molecule has 0 aliphatic carbocycles. The molecule has 1 amide bonds. The van der Waals surface area contributed by atoms with Gasteiger partial charge in [0.25, 0.3) is 11.6 Å². The first-order valence-corrected chi connectivity index (χ1v) is 8.30. The largest absolute Gasteiger partial charge is 0.360 e. The zero-order valence-electron chi connectivity index (χ0n) is 13.9. The average Bonchev–Trinajstić information content (AvgIpc) is 2.63. The number of carbonyl (C=O) groups is 1. The number of anilines is 2. The van der Waals surface area contributed by atoms with Gasteiger partial charge in [-0.05, 0) is 24.3 Å². The van der Waals surface area contributed by atoms with Gasteiger partial charge in [-0.25, -0.2) is 0 Å². The van der Waals surface area contributed by atoms with Crippen molar-refractivity contribution >= 4 is 23.0 Å². The Kier molecular flexibility index (Phi) is 5.25. The maximum atomic E-state index is 12.2. The number of piperazine rings is 1. The maximum absolute atomic E-state index is 12.2. The molecule has 3 rings (SSSR count). The van der Waals surface area contributed by atoms with Crippen LogP contribution in [0.15, 0.2) is 54.6 Å². The van der Waals surface area contributed by atoms with Crippen molar-refractivity contribution in [2.45, 2.75) is 0 Å². The van der Waals surface area contributed by atoms with Crippen LogP contribution in [0.4, 0.5) is 17.1 Å². The molecule has 2 N–H and O–H groups in total. The van der Waals surface area contributed by atoms with Gasteiger partial charge >= 0.3 is 0 Å². The molecule has 0 saturated carbocycles. The summed E-state index contributed by atoms with van der Waals surface area (Å²) in [5.74, 6) is -0.0722. The lowest BCUT2D eigenvalue weighted by atomic mass is 10.2. The minimum Gasteiger partial charge on any atom is -0.360 e. The Bertz CT molecular complexity index is 726. The molecule has 2 aromatic rings. The van der Waals surface area contributed by atoms with Gasteiger partial charge in [0.2, 0.25) is 0 Å². The second kappa shape index (κ2) is 7.76. The minimum atomic E-state index is -0.456. The van der Waals surface area contributed by atoms with E-state index >= 15 is 0 Å². The fraction of sp³-hybridized carbons (Fsp3) is 0.278. The van der Waals surface area contributed by atoms with Gasteiger partial charge in [-0.2, -0.15) is 0 Å². The molecular formula is C18H21N4O3+. The molecule has 2 aromatic carbocycles. The number of non-ortho nitro benzene ring substituents is 1. The van der Waals surface area contributed by atoms with Gasteiger partial charge < -0.3 is 15.1 Å². The number of rotatable bonds is 5.